The van der Waals surface area contributed by atoms with E-state index < -0.39 is 0 Å². The van der Waals surface area contributed by atoms with Crippen LogP contribution in [0.1, 0.15) is 31.4 Å². The van der Waals surface area contributed by atoms with Crippen molar-refractivity contribution < 1.29 is 0 Å². The highest BCUT2D eigenvalue weighted by molar-refractivity contribution is 6.20. The summed E-state index contributed by atoms with van der Waals surface area (Å²) in [5.41, 5.74) is 1.39. The molecule has 0 spiro atoms. The van der Waals surface area contributed by atoms with Crippen LogP contribution in [0.25, 0.3) is 0 Å². The van der Waals surface area contributed by atoms with E-state index in [9.17, 15) is 0 Å². The zero-order valence-corrected chi connectivity index (χ0v) is 9.95. The molecule has 1 heterocycles. The molecular formula is C13H18ClN. The first kappa shape index (κ1) is 11.0. The van der Waals surface area contributed by atoms with Gasteiger partial charge in [-0.3, -0.25) is 4.90 Å². The molecule has 0 saturated carbocycles. The average Bonchev–Trinajstić information content (AvgIpc) is 2.29. The molecule has 1 nitrogen and oxygen atoms in total. The first-order chi connectivity index (χ1) is 7.27. The van der Waals surface area contributed by atoms with Crippen molar-refractivity contribution in [2.75, 3.05) is 13.1 Å². The summed E-state index contributed by atoms with van der Waals surface area (Å²) in [6.45, 7) is 4.47. The Labute approximate surface area is 97.0 Å². The summed E-state index contributed by atoms with van der Waals surface area (Å²) in [5.74, 6) is 0. The van der Waals surface area contributed by atoms with Gasteiger partial charge < -0.3 is 0 Å². The molecule has 2 heteroatoms. The quantitative estimate of drug-likeness (QED) is 0.695. The Balaban J connectivity index is 2.04. The Hall–Kier alpha value is -0.530. The molecule has 1 fully saturated rings. The van der Waals surface area contributed by atoms with E-state index in [2.05, 4.69) is 42.2 Å². The molecule has 15 heavy (non-hydrogen) atoms. The third-order valence-corrected chi connectivity index (χ3v) is 3.58. The minimum atomic E-state index is 0.338. The molecule has 1 aliphatic rings. The van der Waals surface area contributed by atoms with Crippen LogP contribution < -0.4 is 0 Å². The van der Waals surface area contributed by atoms with Crippen molar-refractivity contribution in [1.29, 1.82) is 0 Å². The number of piperidine rings is 1. The number of halogens is 1. The number of alkyl halides is 1. The van der Waals surface area contributed by atoms with Crippen molar-refractivity contribution in [2.45, 2.75) is 31.2 Å². The van der Waals surface area contributed by atoms with Gasteiger partial charge in [-0.2, -0.15) is 0 Å². The highest BCUT2D eigenvalue weighted by atomic mass is 35.5. The van der Waals surface area contributed by atoms with Gasteiger partial charge in [-0.05, 0) is 31.9 Å². The van der Waals surface area contributed by atoms with Crippen LogP contribution in [0.4, 0.5) is 0 Å². The lowest BCUT2D eigenvalue weighted by molar-refractivity contribution is 0.177. The van der Waals surface area contributed by atoms with Gasteiger partial charge in [0.25, 0.3) is 0 Å². The monoisotopic (exact) mass is 223 g/mol. The second-order valence-electron chi connectivity index (χ2n) is 4.32. The van der Waals surface area contributed by atoms with Crippen molar-refractivity contribution in [1.82, 2.24) is 4.90 Å². The zero-order valence-electron chi connectivity index (χ0n) is 9.20. The van der Waals surface area contributed by atoms with Crippen LogP contribution >= 0.6 is 11.6 Å². The van der Waals surface area contributed by atoms with E-state index in [1.807, 2.05) is 0 Å². The topological polar surface area (TPSA) is 3.24 Å². The molecule has 1 saturated heterocycles. The van der Waals surface area contributed by atoms with E-state index in [4.69, 9.17) is 11.6 Å². The van der Waals surface area contributed by atoms with Crippen LogP contribution in [0.15, 0.2) is 30.3 Å². The SMILES string of the molecule is CC(c1ccccc1)N1CCC[C@@H](Cl)C1. The van der Waals surface area contributed by atoms with Crippen LogP contribution in [-0.4, -0.2) is 23.4 Å². The van der Waals surface area contributed by atoms with E-state index >= 15 is 0 Å². The fourth-order valence-electron chi connectivity index (χ4n) is 2.25. The lowest BCUT2D eigenvalue weighted by Gasteiger charge is -2.34. The molecule has 0 amide bonds. The van der Waals surface area contributed by atoms with Crippen molar-refractivity contribution in [3.63, 3.8) is 0 Å². The minimum Gasteiger partial charge on any atom is -0.295 e. The predicted octanol–water partition coefficient (Wildman–Crippen LogP) is 3.45. The number of benzene rings is 1. The van der Waals surface area contributed by atoms with Gasteiger partial charge in [0.2, 0.25) is 0 Å². The van der Waals surface area contributed by atoms with Crippen molar-refractivity contribution in [3.8, 4) is 0 Å². The summed E-state index contributed by atoms with van der Waals surface area (Å²) in [6, 6.07) is 11.2. The van der Waals surface area contributed by atoms with Gasteiger partial charge in [-0.25, -0.2) is 0 Å². The lowest BCUT2D eigenvalue weighted by Crippen LogP contribution is -2.37. The Morgan fingerprint density at radius 2 is 2.07 bits per heavy atom. The molecule has 2 rings (SSSR count). The van der Waals surface area contributed by atoms with E-state index in [-0.39, 0.29) is 0 Å². The summed E-state index contributed by atoms with van der Waals surface area (Å²) in [6.07, 6.45) is 2.39. The number of likely N-dealkylation sites (tertiary alicyclic amines) is 1. The minimum absolute atomic E-state index is 0.338. The van der Waals surface area contributed by atoms with Crippen LogP contribution in [-0.2, 0) is 0 Å². The summed E-state index contributed by atoms with van der Waals surface area (Å²) in [4.78, 5) is 2.48. The second kappa shape index (κ2) is 5.00. The van der Waals surface area contributed by atoms with Gasteiger partial charge in [0, 0.05) is 18.0 Å². The first-order valence-corrected chi connectivity index (χ1v) is 6.14. The normalized spacial score (nSPS) is 25.1. The van der Waals surface area contributed by atoms with Gasteiger partial charge in [0.1, 0.15) is 0 Å². The maximum absolute atomic E-state index is 6.20. The Morgan fingerprint density at radius 3 is 2.73 bits per heavy atom. The summed E-state index contributed by atoms with van der Waals surface area (Å²) < 4.78 is 0. The Bertz CT molecular complexity index is 299. The highest BCUT2D eigenvalue weighted by Gasteiger charge is 2.22. The molecule has 0 N–H and O–H groups in total. The fraction of sp³-hybridized carbons (Fsp3) is 0.538. The van der Waals surface area contributed by atoms with Gasteiger partial charge >= 0.3 is 0 Å². The van der Waals surface area contributed by atoms with Gasteiger partial charge in [-0.1, -0.05) is 30.3 Å². The largest absolute Gasteiger partial charge is 0.295 e. The van der Waals surface area contributed by atoms with E-state index in [0.717, 1.165) is 6.54 Å². The van der Waals surface area contributed by atoms with Crippen LogP contribution in [0, 0.1) is 0 Å². The third kappa shape index (κ3) is 2.73. The molecular weight excluding hydrogens is 206 g/mol. The smallest absolute Gasteiger partial charge is 0.0463 e. The maximum atomic E-state index is 6.20. The Morgan fingerprint density at radius 1 is 1.33 bits per heavy atom. The van der Waals surface area contributed by atoms with E-state index in [0.29, 0.717) is 11.4 Å². The fourth-order valence-corrected chi connectivity index (χ4v) is 2.58. The summed E-state index contributed by atoms with van der Waals surface area (Å²) in [5, 5.41) is 0.338. The molecule has 82 valence electrons. The number of hydrogen-bond acceptors (Lipinski definition) is 1. The Kier molecular flexibility index (Phi) is 3.66. The molecule has 0 radical (unpaired) electrons. The van der Waals surface area contributed by atoms with Gasteiger partial charge in [0.05, 0.1) is 0 Å². The van der Waals surface area contributed by atoms with E-state index in [1.165, 1.54) is 24.9 Å². The van der Waals surface area contributed by atoms with Crippen molar-refractivity contribution >= 4 is 11.6 Å². The van der Waals surface area contributed by atoms with Crippen molar-refractivity contribution in [2.24, 2.45) is 0 Å². The van der Waals surface area contributed by atoms with Crippen LogP contribution in [0.5, 0.6) is 0 Å². The second-order valence-corrected chi connectivity index (χ2v) is 4.94. The first-order valence-electron chi connectivity index (χ1n) is 5.70. The lowest BCUT2D eigenvalue weighted by atomic mass is 10.0. The number of hydrogen-bond donors (Lipinski definition) is 0. The van der Waals surface area contributed by atoms with Crippen molar-refractivity contribution in [3.05, 3.63) is 35.9 Å². The van der Waals surface area contributed by atoms with Crippen LogP contribution in [0.3, 0.4) is 0 Å². The van der Waals surface area contributed by atoms with E-state index in [1.54, 1.807) is 0 Å². The number of rotatable bonds is 2. The molecule has 1 aliphatic heterocycles. The summed E-state index contributed by atoms with van der Waals surface area (Å²) >= 11 is 6.20. The average molecular weight is 224 g/mol. The molecule has 1 aromatic carbocycles. The molecule has 1 aromatic rings. The van der Waals surface area contributed by atoms with Crippen LogP contribution in [0.2, 0.25) is 0 Å². The predicted molar refractivity (Wildman–Crippen MR) is 65.3 cm³/mol. The molecule has 0 aromatic heterocycles. The zero-order chi connectivity index (χ0) is 10.7. The van der Waals surface area contributed by atoms with Gasteiger partial charge in [-0.15, -0.1) is 11.6 Å². The molecule has 0 aliphatic carbocycles. The third-order valence-electron chi connectivity index (χ3n) is 3.22. The molecule has 0 bridgehead atoms. The summed E-state index contributed by atoms with van der Waals surface area (Å²) in [7, 11) is 0. The maximum Gasteiger partial charge on any atom is 0.0463 e. The molecule has 1 unspecified atom stereocenters. The number of nitrogens with zero attached hydrogens (tertiary/aromatic N) is 1. The molecule has 2 atom stereocenters. The highest BCUT2D eigenvalue weighted by Crippen LogP contribution is 2.25. The standard InChI is InChI=1S/C13H18ClN/c1-11(12-6-3-2-4-7-12)15-9-5-8-13(14)10-15/h2-4,6-7,11,13H,5,8-10H2,1H3/t11?,13-/m1/s1. The van der Waals surface area contributed by atoms with Gasteiger partial charge in [0.15, 0.2) is 0 Å².